The zero-order chi connectivity index (χ0) is 23.1. The molecule has 1 aliphatic carbocycles. The molecule has 1 aliphatic heterocycles. The second kappa shape index (κ2) is 8.83. The van der Waals surface area contributed by atoms with Crippen LogP contribution in [0.25, 0.3) is 10.2 Å². The Morgan fingerprint density at radius 3 is 2.73 bits per heavy atom. The number of aryl methyl sites for hydroxylation is 2. The molecule has 5 rings (SSSR count). The number of hydrogen-bond donors (Lipinski definition) is 2. The van der Waals surface area contributed by atoms with Crippen molar-refractivity contribution in [2.45, 2.75) is 52.0 Å². The van der Waals surface area contributed by atoms with Gasteiger partial charge in [-0.25, -0.2) is 9.97 Å². The number of para-hydroxylation sites is 1. The number of nitrogens with two attached hydrogens (primary N) is 1. The van der Waals surface area contributed by atoms with E-state index in [4.69, 9.17) is 15.7 Å². The Labute approximate surface area is 197 Å². The number of amides is 2. The van der Waals surface area contributed by atoms with Gasteiger partial charge in [0.15, 0.2) is 0 Å². The summed E-state index contributed by atoms with van der Waals surface area (Å²) in [5, 5.41) is 4.12. The number of carbonyl (C=O) groups excluding carboxylic acids is 2. The van der Waals surface area contributed by atoms with Crippen molar-refractivity contribution in [3.8, 4) is 0 Å². The van der Waals surface area contributed by atoms with E-state index in [0.29, 0.717) is 23.9 Å². The summed E-state index contributed by atoms with van der Waals surface area (Å²) >= 11 is 1.44. The van der Waals surface area contributed by atoms with E-state index in [-0.39, 0.29) is 17.7 Å². The smallest absolute Gasteiger partial charge is 0.266 e. The molecule has 1 saturated heterocycles. The van der Waals surface area contributed by atoms with Gasteiger partial charge in [-0.05, 0) is 63.3 Å². The summed E-state index contributed by atoms with van der Waals surface area (Å²) < 4.78 is 0. The third-order valence-electron chi connectivity index (χ3n) is 6.70. The lowest BCUT2D eigenvalue weighted by molar-refractivity contribution is -0.123. The van der Waals surface area contributed by atoms with Crippen LogP contribution < -0.4 is 11.1 Å². The highest BCUT2D eigenvalue weighted by atomic mass is 32.1. The maximum Gasteiger partial charge on any atom is 0.266 e. The molecular formula is C25H29N5O2S. The first-order chi connectivity index (χ1) is 15.9. The van der Waals surface area contributed by atoms with Crippen molar-refractivity contribution in [3.05, 3.63) is 51.8 Å². The molecule has 8 heteroatoms. The quantitative estimate of drug-likeness (QED) is 0.572. The number of piperidine rings is 1. The van der Waals surface area contributed by atoms with Crippen LogP contribution in [0.1, 0.15) is 63.9 Å². The molecule has 2 amide bonds. The van der Waals surface area contributed by atoms with Crippen LogP contribution in [-0.2, 0) is 11.3 Å². The number of anilines is 1. The first kappa shape index (κ1) is 22.0. The maximum absolute atomic E-state index is 13.3. The molecule has 3 aromatic rings. The third-order valence-corrected chi connectivity index (χ3v) is 7.89. The van der Waals surface area contributed by atoms with E-state index >= 15 is 0 Å². The van der Waals surface area contributed by atoms with E-state index in [1.807, 2.05) is 38.1 Å². The van der Waals surface area contributed by atoms with Gasteiger partial charge in [-0.2, -0.15) is 0 Å². The molecule has 172 valence electrons. The molecule has 1 atom stereocenters. The van der Waals surface area contributed by atoms with Gasteiger partial charge in [-0.3, -0.25) is 14.5 Å². The fraction of sp³-hybridized carbons (Fsp3) is 0.440. The Hall–Kier alpha value is -2.84. The van der Waals surface area contributed by atoms with Gasteiger partial charge < -0.3 is 11.1 Å². The van der Waals surface area contributed by atoms with Crippen molar-refractivity contribution in [2.24, 2.45) is 11.7 Å². The van der Waals surface area contributed by atoms with Gasteiger partial charge in [0.2, 0.25) is 5.91 Å². The van der Waals surface area contributed by atoms with Crippen LogP contribution >= 0.6 is 11.3 Å². The number of nitrogens with one attached hydrogen (secondary N) is 1. The normalized spacial score (nSPS) is 19.0. The number of carbonyl (C=O) groups is 2. The number of fused-ring (bicyclic) bond motifs is 1. The number of rotatable bonds is 6. The number of aromatic nitrogens is 2. The zero-order valence-electron chi connectivity index (χ0n) is 19.1. The van der Waals surface area contributed by atoms with Crippen molar-refractivity contribution in [1.29, 1.82) is 0 Å². The molecule has 0 radical (unpaired) electrons. The highest BCUT2D eigenvalue weighted by molar-refractivity contribution is 7.20. The molecule has 1 unspecified atom stereocenters. The Bertz CT molecular complexity index is 1230. The van der Waals surface area contributed by atoms with E-state index in [1.54, 1.807) is 0 Å². The summed E-state index contributed by atoms with van der Waals surface area (Å²) in [5.41, 5.74) is 9.24. The number of benzene rings is 1. The van der Waals surface area contributed by atoms with Gasteiger partial charge in [0.25, 0.3) is 5.91 Å². The van der Waals surface area contributed by atoms with E-state index in [0.717, 1.165) is 70.8 Å². The summed E-state index contributed by atoms with van der Waals surface area (Å²) in [5.74, 6) is 0.929. The van der Waals surface area contributed by atoms with E-state index in [1.165, 1.54) is 11.3 Å². The van der Waals surface area contributed by atoms with Crippen LogP contribution in [0.3, 0.4) is 0 Å². The fourth-order valence-electron chi connectivity index (χ4n) is 4.73. The molecule has 2 fully saturated rings. The van der Waals surface area contributed by atoms with E-state index < -0.39 is 0 Å². The maximum atomic E-state index is 13.3. The number of primary amides is 1. The third kappa shape index (κ3) is 4.50. The average molecular weight is 464 g/mol. The van der Waals surface area contributed by atoms with Crippen molar-refractivity contribution >= 4 is 39.1 Å². The van der Waals surface area contributed by atoms with Crippen LogP contribution in [0.4, 0.5) is 5.69 Å². The first-order valence-corrected chi connectivity index (χ1v) is 12.4. The molecule has 2 aliphatic rings. The Balaban J connectivity index is 1.37. The summed E-state index contributed by atoms with van der Waals surface area (Å²) in [7, 11) is 0. The van der Waals surface area contributed by atoms with Gasteiger partial charge in [-0.15, -0.1) is 11.3 Å². The predicted octanol–water partition coefficient (Wildman–Crippen LogP) is 4.14. The molecule has 1 saturated carbocycles. The number of hydrogen-bond acceptors (Lipinski definition) is 6. The highest BCUT2D eigenvalue weighted by Gasteiger charge is 2.29. The molecule has 1 aromatic carbocycles. The van der Waals surface area contributed by atoms with Crippen molar-refractivity contribution in [3.63, 3.8) is 0 Å². The summed E-state index contributed by atoms with van der Waals surface area (Å²) in [4.78, 5) is 38.2. The van der Waals surface area contributed by atoms with Crippen molar-refractivity contribution < 1.29 is 9.59 Å². The van der Waals surface area contributed by atoms with Crippen LogP contribution in [0.5, 0.6) is 0 Å². The average Bonchev–Trinajstić information content (AvgIpc) is 3.58. The van der Waals surface area contributed by atoms with E-state index in [2.05, 4.69) is 10.2 Å². The lowest BCUT2D eigenvalue weighted by Gasteiger charge is -2.31. The van der Waals surface area contributed by atoms with Gasteiger partial charge >= 0.3 is 0 Å². The Morgan fingerprint density at radius 2 is 1.97 bits per heavy atom. The minimum absolute atomic E-state index is 0.105. The molecule has 33 heavy (non-hydrogen) atoms. The highest BCUT2D eigenvalue weighted by Crippen LogP contribution is 2.40. The molecular weight excluding hydrogens is 434 g/mol. The Morgan fingerprint density at radius 1 is 1.18 bits per heavy atom. The van der Waals surface area contributed by atoms with Gasteiger partial charge in [-0.1, -0.05) is 18.2 Å². The molecule has 2 aromatic heterocycles. The lowest BCUT2D eigenvalue weighted by Crippen LogP contribution is -2.40. The monoisotopic (exact) mass is 463 g/mol. The summed E-state index contributed by atoms with van der Waals surface area (Å²) in [6.45, 7) is 6.23. The summed E-state index contributed by atoms with van der Waals surface area (Å²) in [6.07, 6.45) is 4.10. The first-order valence-electron chi connectivity index (χ1n) is 11.6. The fourth-order valence-corrected chi connectivity index (χ4v) is 5.87. The van der Waals surface area contributed by atoms with E-state index in [9.17, 15) is 9.59 Å². The van der Waals surface area contributed by atoms with Crippen molar-refractivity contribution in [2.75, 3.05) is 18.4 Å². The predicted molar refractivity (Wildman–Crippen MR) is 130 cm³/mol. The van der Waals surface area contributed by atoms with Gasteiger partial charge in [0.05, 0.1) is 16.5 Å². The largest absolute Gasteiger partial charge is 0.369 e. The number of thiophene rings is 1. The topological polar surface area (TPSA) is 101 Å². The number of nitrogens with zero attached hydrogens (tertiary/aromatic N) is 3. The molecule has 0 bridgehead atoms. The molecule has 7 nitrogen and oxygen atoms in total. The summed E-state index contributed by atoms with van der Waals surface area (Å²) in [6, 6.07) is 7.86. The lowest BCUT2D eigenvalue weighted by atomic mass is 9.97. The number of likely N-dealkylation sites (tertiary alicyclic amines) is 1. The zero-order valence-corrected chi connectivity index (χ0v) is 19.9. The molecule has 3 N–H and O–H groups in total. The second-order valence-electron chi connectivity index (χ2n) is 9.27. The van der Waals surface area contributed by atoms with Crippen LogP contribution in [0.15, 0.2) is 24.3 Å². The molecule has 3 heterocycles. The van der Waals surface area contributed by atoms with Crippen molar-refractivity contribution in [1.82, 2.24) is 14.9 Å². The van der Waals surface area contributed by atoms with Gasteiger partial charge in [0.1, 0.15) is 10.7 Å². The Kier molecular flexibility index (Phi) is 5.88. The van der Waals surface area contributed by atoms with Crippen LogP contribution in [-0.4, -0.2) is 39.8 Å². The van der Waals surface area contributed by atoms with Gasteiger partial charge in [0, 0.05) is 30.1 Å². The SMILES string of the molecule is Cc1nc(C2CC2)nc2sc(C(=O)Nc3ccccc3CN3CCCC(C(N)=O)C3)c(C)c12. The standard InChI is InChI=1S/C25H29N5O2S/c1-14-20-15(2)27-23(16-9-10-16)29-25(20)33-21(14)24(32)28-19-8-4-3-6-17(19)12-30-11-5-7-18(13-30)22(26)31/h3-4,6,8,16,18H,5,7,9-13H2,1-2H3,(H2,26,31)(H,28,32). The minimum atomic E-state index is -0.232. The van der Waals surface area contributed by atoms with Crippen LogP contribution in [0.2, 0.25) is 0 Å². The molecule has 0 spiro atoms. The van der Waals surface area contributed by atoms with Crippen LogP contribution in [0, 0.1) is 19.8 Å². The minimum Gasteiger partial charge on any atom is -0.369 e. The second-order valence-corrected chi connectivity index (χ2v) is 10.3.